The molecule has 2 aliphatic heterocycles. The maximum Gasteiger partial charge on any atom is 0.322 e. The van der Waals surface area contributed by atoms with Crippen molar-refractivity contribution in [3.05, 3.63) is 17.9 Å². The third-order valence-corrected chi connectivity index (χ3v) is 6.43. The van der Waals surface area contributed by atoms with E-state index >= 15 is 0 Å². The van der Waals surface area contributed by atoms with Crippen LogP contribution in [0.4, 0.5) is 4.79 Å². The van der Waals surface area contributed by atoms with Crippen LogP contribution in [0.25, 0.3) is 0 Å². The summed E-state index contributed by atoms with van der Waals surface area (Å²) in [6, 6.07) is 2.56. The molecule has 3 amide bonds. The Hall–Kier alpha value is -1.87. The molecular formula is C14H19N3O5S. The van der Waals surface area contributed by atoms with Gasteiger partial charge in [-0.2, -0.15) is 4.31 Å². The first-order valence-electron chi connectivity index (χ1n) is 7.43. The van der Waals surface area contributed by atoms with Gasteiger partial charge in [-0.1, -0.05) is 0 Å². The minimum Gasteiger partial charge on any atom is -0.449 e. The Bertz CT molecular complexity index is 748. The highest BCUT2D eigenvalue weighted by Crippen LogP contribution is 2.32. The maximum absolute atomic E-state index is 12.5. The predicted octanol–water partition coefficient (Wildman–Crippen LogP) is 0.587. The average Bonchev–Trinajstić information content (AvgIpc) is 3.04. The van der Waals surface area contributed by atoms with Crippen molar-refractivity contribution in [1.82, 2.24) is 14.9 Å². The van der Waals surface area contributed by atoms with Crippen molar-refractivity contribution in [3.63, 3.8) is 0 Å². The summed E-state index contributed by atoms with van der Waals surface area (Å²) in [6.45, 7) is 3.93. The number of piperidine rings is 1. The van der Waals surface area contributed by atoms with Gasteiger partial charge in [-0.05, 0) is 44.7 Å². The SMILES string of the molecule is Cc1ccc(S(=O)(=O)N2CCC(C3(C)NC(=O)NC3=O)CC2)o1. The molecule has 0 radical (unpaired) electrons. The summed E-state index contributed by atoms with van der Waals surface area (Å²) in [5, 5.41) is 4.83. The van der Waals surface area contributed by atoms with Gasteiger partial charge in [-0.15, -0.1) is 0 Å². The van der Waals surface area contributed by atoms with Gasteiger partial charge in [0.25, 0.3) is 15.9 Å². The molecule has 0 bridgehead atoms. The summed E-state index contributed by atoms with van der Waals surface area (Å²) >= 11 is 0. The molecule has 8 nitrogen and oxygen atoms in total. The minimum absolute atomic E-state index is 0.0634. The molecule has 3 heterocycles. The Morgan fingerprint density at radius 2 is 1.91 bits per heavy atom. The van der Waals surface area contributed by atoms with Crippen LogP contribution in [0.1, 0.15) is 25.5 Å². The molecule has 0 aromatic carbocycles. The first-order valence-corrected chi connectivity index (χ1v) is 8.87. The van der Waals surface area contributed by atoms with Crippen LogP contribution >= 0.6 is 0 Å². The van der Waals surface area contributed by atoms with E-state index < -0.39 is 21.6 Å². The molecule has 2 N–H and O–H groups in total. The van der Waals surface area contributed by atoms with E-state index in [0.29, 0.717) is 18.6 Å². The second kappa shape index (κ2) is 5.34. The number of nitrogens with one attached hydrogen (secondary N) is 2. The number of hydrogen-bond acceptors (Lipinski definition) is 5. The van der Waals surface area contributed by atoms with Gasteiger partial charge in [0, 0.05) is 13.1 Å². The highest BCUT2D eigenvalue weighted by atomic mass is 32.2. The number of urea groups is 1. The first-order chi connectivity index (χ1) is 10.7. The van der Waals surface area contributed by atoms with Crippen molar-refractivity contribution < 1.29 is 22.4 Å². The molecule has 2 aliphatic rings. The van der Waals surface area contributed by atoms with Crippen LogP contribution in [-0.2, 0) is 14.8 Å². The van der Waals surface area contributed by atoms with Gasteiger partial charge >= 0.3 is 6.03 Å². The zero-order valence-electron chi connectivity index (χ0n) is 13.0. The lowest BCUT2D eigenvalue weighted by molar-refractivity contribution is -0.125. The van der Waals surface area contributed by atoms with E-state index in [9.17, 15) is 18.0 Å². The van der Waals surface area contributed by atoms with E-state index in [1.54, 1.807) is 19.9 Å². The largest absolute Gasteiger partial charge is 0.449 e. The minimum atomic E-state index is -3.65. The highest BCUT2D eigenvalue weighted by Gasteiger charge is 2.49. The van der Waals surface area contributed by atoms with Gasteiger partial charge in [-0.25, -0.2) is 13.2 Å². The van der Waals surface area contributed by atoms with Gasteiger partial charge in [0.2, 0.25) is 5.09 Å². The van der Waals surface area contributed by atoms with Crippen LogP contribution in [0.5, 0.6) is 0 Å². The van der Waals surface area contributed by atoms with E-state index in [2.05, 4.69) is 10.6 Å². The molecule has 1 aromatic heterocycles. The lowest BCUT2D eigenvalue weighted by Gasteiger charge is -2.37. The molecule has 23 heavy (non-hydrogen) atoms. The van der Waals surface area contributed by atoms with Gasteiger partial charge in [-0.3, -0.25) is 10.1 Å². The lowest BCUT2D eigenvalue weighted by atomic mass is 9.79. The van der Waals surface area contributed by atoms with Gasteiger partial charge in [0.15, 0.2) is 0 Å². The fraction of sp³-hybridized carbons (Fsp3) is 0.571. The van der Waals surface area contributed by atoms with Crippen LogP contribution in [-0.4, -0.2) is 43.3 Å². The Labute approximate surface area is 134 Å². The molecule has 3 rings (SSSR count). The highest BCUT2D eigenvalue weighted by molar-refractivity contribution is 7.89. The number of nitrogens with zero attached hydrogens (tertiary/aromatic N) is 1. The van der Waals surface area contributed by atoms with Crippen molar-refractivity contribution in [1.29, 1.82) is 0 Å². The number of sulfonamides is 1. The van der Waals surface area contributed by atoms with E-state index in [1.165, 1.54) is 10.4 Å². The summed E-state index contributed by atoms with van der Waals surface area (Å²) in [5.74, 6) is 0.0699. The molecule has 126 valence electrons. The number of rotatable bonds is 3. The second-order valence-corrected chi connectivity index (χ2v) is 8.02. The monoisotopic (exact) mass is 341 g/mol. The maximum atomic E-state index is 12.5. The van der Waals surface area contributed by atoms with Crippen LogP contribution in [0.3, 0.4) is 0 Å². The molecule has 9 heteroatoms. The fourth-order valence-electron chi connectivity index (χ4n) is 3.20. The van der Waals surface area contributed by atoms with Crippen LogP contribution in [0, 0.1) is 12.8 Å². The predicted molar refractivity (Wildman–Crippen MR) is 80.0 cm³/mol. The van der Waals surface area contributed by atoms with Crippen molar-refractivity contribution in [2.45, 2.75) is 37.3 Å². The molecule has 2 saturated heterocycles. The Kier molecular flexibility index (Phi) is 3.72. The molecule has 2 fully saturated rings. The first kappa shape index (κ1) is 16.0. The molecule has 1 aromatic rings. The lowest BCUT2D eigenvalue weighted by Crippen LogP contribution is -2.54. The number of carbonyl (C=O) groups excluding carboxylic acids is 2. The van der Waals surface area contributed by atoms with Crippen molar-refractivity contribution in [2.24, 2.45) is 5.92 Å². The summed E-state index contributed by atoms with van der Waals surface area (Å²) in [4.78, 5) is 23.3. The summed E-state index contributed by atoms with van der Waals surface area (Å²) in [6.07, 6.45) is 0.978. The van der Waals surface area contributed by atoms with Crippen LogP contribution in [0.2, 0.25) is 0 Å². The van der Waals surface area contributed by atoms with Gasteiger partial charge in [0.1, 0.15) is 11.3 Å². The number of aryl methyl sites for hydroxylation is 1. The summed E-state index contributed by atoms with van der Waals surface area (Å²) in [5.41, 5.74) is -0.978. The Morgan fingerprint density at radius 1 is 1.26 bits per heavy atom. The van der Waals surface area contributed by atoms with E-state index in [0.717, 1.165) is 0 Å². The smallest absolute Gasteiger partial charge is 0.322 e. The second-order valence-electron chi connectivity index (χ2n) is 6.15. The van der Waals surface area contributed by atoms with Crippen molar-refractivity contribution in [2.75, 3.05) is 13.1 Å². The molecule has 1 unspecified atom stereocenters. The Balaban J connectivity index is 1.72. The average molecular weight is 341 g/mol. The number of amides is 3. The third kappa shape index (κ3) is 2.63. The number of furan rings is 1. The normalized spacial score (nSPS) is 27.0. The quantitative estimate of drug-likeness (QED) is 0.782. The molecule has 0 saturated carbocycles. The van der Waals surface area contributed by atoms with Crippen molar-refractivity contribution >= 4 is 22.0 Å². The zero-order chi connectivity index (χ0) is 16.8. The molecule has 1 atom stereocenters. The number of imide groups is 1. The Morgan fingerprint density at radius 3 is 2.39 bits per heavy atom. The van der Waals surface area contributed by atoms with E-state index in [1.807, 2.05) is 0 Å². The van der Waals surface area contributed by atoms with Crippen LogP contribution < -0.4 is 10.6 Å². The molecular weight excluding hydrogens is 322 g/mol. The van der Waals surface area contributed by atoms with Gasteiger partial charge in [0.05, 0.1) is 0 Å². The van der Waals surface area contributed by atoms with Crippen LogP contribution in [0.15, 0.2) is 21.6 Å². The number of hydrogen-bond donors (Lipinski definition) is 2. The summed E-state index contributed by atoms with van der Waals surface area (Å²) in [7, 11) is -3.65. The van der Waals surface area contributed by atoms with Crippen molar-refractivity contribution in [3.8, 4) is 0 Å². The van der Waals surface area contributed by atoms with E-state index in [-0.39, 0.29) is 30.0 Å². The zero-order valence-corrected chi connectivity index (χ0v) is 13.8. The third-order valence-electron chi connectivity index (χ3n) is 4.65. The van der Waals surface area contributed by atoms with Gasteiger partial charge < -0.3 is 9.73 Å². The van der Waals surface area contributed by atoms with E-state index in [4.69, 9.17) is 4.42 Å². The fourth-order valence-corrected chi connectivity index (χ4v) is 4.62. The topological polar surface area (TPSA) is 109 Å². The standard InChI is InChI=1S/C14H19N3O5S/c1-9-3-4-11(22-9)23(20,21)17-7-5-10(6-8-17)14(2)12(18)15-13(19)16-14/h3-4,10H,5-8H2,1-2H3,(H2,15,16,18,19). The number of carbonyl (C=O) groups is 2. The molecule has 0 aliphatic carbocycles. The summed E-state index contributed by atoms with van der Waals surface area (Å²) < 4.78 is 31.6. The molecule has 0 spiro atoms.